The molecule has 0 saturated heterocycles. The summed E-state index contributed by atoms with van der Waals surface area (Å²) in [5.41, 5.74) is 1.56. The van der Waals surface area contributed by atoms with Crippen LogP contribution < -0.4 is 0 Å². The highest BCUT2D eigenvalue weighted by molar-refractivity contribution is 6.35. The highest BCUT2D eigenvalue weighted by Crippen LogP contribution is 2.28. The lowest BCUT2D eigenvalue weighted by Gasteiger charge is -2.08. The molecule has 0 amide bonds. The van der Waals surface area contributed by atoms with Gasteiger partial charge in [-0.3, -0.25) is 4.98 Å². The molecule has 1 aromatic heterocycles. The average Bonchev–Trinajstić information content (AvgIpc) is 2.19. The summed E-state index contributed by atoms with van der Waals surface area (Å²) in [6, 6.07) is 5.01. The van der Waals surface area contributed by atoms with E-state index < -0.39 is 0 Å². The van der Waals surface area contributed by atoms with E-state index in [0.29, 0.717) is 21.8 Å². The van der Waals surface area contributed by atoms with Gasteiger partial charge in [-0.25, -0.2) is 4.39 Å². The smallest absolute Gasteiger partial charge is 0.134 e. The minimum absolute atomic E-state index is 0.274. The normalized spacial score (nSPS) is 11.3. The third-order valence-corrected chi connectivity index (χ3v) is 2.72. The molecule has 0 atom stereocenters. The summed E-state index contributed by atoms with van der Waals surface area (Å²) in [4.78, 5) is 4.07. The van der Waals surface area contributed by atoms with E-state index in [1.54, 1.807) is 0 Å². The molecule has 1 aromatic carbocycles. The number of nitrogens with zero attached hydrogens (tertiary/aromatic N) is 1. The van der Waals surface area contributed by atoms with Gasteiger partial charge in [0.25, 0.3) is 0 Å². The molecule has 0 unspecified atom stereocenters. The topological polar surface area (TPSA) is 12.9 Å². The highest BCUT2D eigenvalue weighted by atomic mass is 35.5. The lowest BCUT2D eigenvalue weighted by atomic mass is 10.0. The number of hydrogen-bond donors (Lipinski definition) is 0. The Bertz CT molecular complexity index is 508. The molecule has 1 heterocycles. The molecule has 0 spiro atoms. The summed E-state index contributed by atoms with van der Waals surface area (Å²) < 4.78 is 13.5. The average molecular weight is 224 g/mol. The first-order valence-corrected chi connectivity index (χ1v) is 5.21. The molecule has 0 fully saturated rings. The highest BCUT2D eigenvalue weighted by Gasteiger charge is 2.09. The van der Waals surface area contributed by atoms with Crippen molar-refractivity contribution in [3.63, 3.8) is 0 Å². The Kier molecular flexibility index (Phi) is 2.61. The van der Waals surface area contributed by atoms with Crippen LogP contribution in [0.15, 0.2) is 24.4 Å². The van der Waals surface area contributed by atoms with Gasteiger partial charge in [0.15, 0.2) is 0 Å². The molecule has 0 bridgehead atoms. The van der Waals surface area contributed by atoms with E-state index in [1.165, 1.54) is 12.3 Å². The quantitative estimate of drug-likeness (QED) is 0.708. The van der Waals surface area contributed by atoms with Crippen molar-refractivity contribution in [1.29, 1.82) is 0 Å². The lowest BCUT2D eigenvalue weighted by molar-refractivity contribution is 0.638. The Morgan fingerprint density at radius 2 is 2.07 bits per heavy atom. The molecule has 0 radical (unpaired) electrons. The van der Waals surface area contributed by atoms with Crippen LogP contribution in [0, 0.1) is 5.82 Å². The fraction of sp³-hybridized carbons (Fsp3) is 0.250. The van der Waals surface area contributed by atoms with Crippen molar-refractivity contribution in [1.82, 2.24) is 4.98 Å². The molecule has 0 aliphatic carbocycles. The first kappa shape index (κ1) is 10.4. The van der Waals surface area contributed by atoms with Crippen LogP contribution in [0.2, 0.25) is 5.02 Å². The first-order valence-electron chi connectivity index (χ1n) is 4.83. The molecule has 0 aliphatic rings. The molecule has 2 aromatic rings. The molecular formula is C12H11ClFN. The number of fused-ring (bicyclic) bond motifs is 1. The molecule has 0 aliphatic heterocycles. The van der Waals surface area contributed by atoms with Gasteiger partial charge in [-0.05, 0) is 29.7 Å². The third kappa shape index (κ3) is 1.82. The van der Waals surface area contributed by atoms with Crippen molar-refractivity contribution in [3.8, 4) is 0 Å². The number of benzene rings is 1. The zero-order valence-electron chi connectivity index (χ0n) is 8.59. The Hall–Kier alpha value is -1.15. The van der Waals surface area contributed by atoms with Crippen LogP contribution in [0.3, 0.4) is 0 Å². The number of hydrogen-bond acceptors (Lipinski definition) is 1. The molecule has 0 N–H and O–H groups in total. The second-order valence-electron chi connectivity index (χ2n) is 3.85. The van der Waals surface area contributed by atoms with Crippen LogP contribution in [-0.4, -0.2) is 4.98 Å². The van der Waals surface area contributed by atoms with Gasteiger partial charge >= 0.3 is 0 Å². The zero-order valence-corrected chi connectivity index (χ0v) is 9.35. The van der Waals surface area contributed by atoms with Gasteiger partial charge in [-0.2, -0.15) is 0 Å². The van der Waals surface area contributed by atoms with Crippen molar-refractivity contribution in [3.05, 3.63) is 40.8 Å². The zero-order chi connectivity index (χ0) is 11.0. The molecule has 2 rings (SSSR count). The van der Waals surface area contributed by atoms with Crippen LogP contribution in [0.1, 0.15) is 25.3 Å². The van der Waals surface area contributed by atoms with Crippen molar-refractivity contribution in [2.75, 3.05) is 0 Å². The predicted molar refractivity (Wildman–Crippen MR) is 60.8 cm³/mol. The number of pyridine rings is 1. The summed E-state index contributed by atoms with van der Waals surface area (Å²) in [6.45, 7) is 4.09. The predicted octanol–water partition coefficient (Wildman–Crippen LogP) is 4.15. The molecule has 3 heteroatoms. The van der Waals surface area contributed by atoms with Gasteiger partial charge in [0.1, 0.15) is 5.82 Å². The number of rotatable bonds is 1. The van der Waals surface area contributed by atoms with Crippen molar-refractivity contribution < 1.29 is 4.39 Å². The maximum atomic E-state index is 13.5. The lowest BCUT2D eigenvalue weighted by Crippen LogP contribution is -1.91. The van der Waals surface area contributed by atoms with Crippen LogP contribution in [0.4, 0.5) is 4.39 Å². The van der Waals surface area contributed by atoms with Gasteiger partial charge in [0, 0.05) is 11.6 Å². The van der Waals surface area contributed by atoms with Gasteiger partial charge in [-0.15, -0.1) is 0 Å². The molecule has 78 valence electrons. The monoisotopic (exact) mass is 223 g/mol. The molecule has 0 saturated carbocycles. The van der Waals surface area contributed by atoms with Gasteiger partial charge in [0.2, 0.25) is 0 Å². The largest absolute Gasteiger partial charge is 0.254 e. The second-order valence-corrected chi connectivity index (χ2v) is 4.25. The fourth-order valence-electron chi connectivity index (χ4n) is 1.53. The van der Waals surface area contributed by atoms with Crippen LogP contribution in [-0.2, 0) is 0 Å². The molecule has 15 heavy (non-hydrogen) atoms. The van der Waals surface area contributed by atoms with E-state index >= 15 is 0 Å². The maximum absolute atomic E-state index is 13.5. The van der Waals surface area contributed by atoms with E-state index in [0.717, 1.165) is 5.56 Å². The Morgan fingerprint density at radius 3 is 2.73 bits per heavy atom. The van der Waals surface area contributed by atoms with E-state index in [1.807, 2.05) is 26.0 Å². The fourth-order valence-corrected chi connectivity index (χ4v) is 1.81. The Labute approximate surface area is 92.9 Å². The minimum atomic E-state index is -0.274. The summed E-state index contributed by atoms with van der Waals surface area (Å²) >= 11 is 6.05. The van der Waals surface area contributed by atoms with E-state index in [-0.39, 0.29) is 5.82 Å². The standard InChI is InChI=1S/C12H11ClFN/c1-7(2)8-5-9-11(14)3-4-15-12(9)10(13)6-8/h3-7H,1-2H3. The van der Waals surface area contributed by atoms with E-state index in [4.69, 9.17) is 11.6 Å². The van der Waals surface area contributed by atoms with Gasteiger partial charge < -0.3 is 0 Å². The van der Waals surface area contributed by atoms with Gasteiger partial charge in [-0.1, -0.05) is 25.4 Å². The molecule has 1 nitrogen and oxygen atoms in total. The van der Waals surface area contributed by atoms with Gasteiger partial charge in [0.05, 0.1) is 10.5 Å². The molecular weight excluding hydrogens is 213 g/mol. The first-order chi connectivity index (χ1) is 7.09. The van der Waals surface area contributed by atoms with Crippen LogP contribution >= 0.6 is 11.6 Å². The van der Waals surface area contributed by atoms with Crippen molar-refractivity contribution in [2.24, 2.45) is 0 Å². The van der Waals surface area contributed by atoms with E-state index in [2.05, 4.69) is 4.98 Å². The number of aromatic nitrogens is 1. The SMILES string of the molecule is CC(C)c1cc(Cl)c2nccc(F)c2c1. The van der Waals surface area contributed by atoms with Crippen molar-refractivity contribution in [2.45, 2.75) is 19.8 Å². The summed E-state index contributed by atoms with van der Waals surface area (Å²) in [6.07, 6.45) is 1.43. The van der Waals surface area contributed by atoms with Crippen LogP contribution in [0.5, 0.6) is 0 Å². The van der Waals surface area contributed by atoms with Crippen LogP contribution in [0.25, 0.3) is 10.9 Å². The van der Waals surface area contributed by atoms with E-state index in [9.17, 15) is 4.39 Å². The minimum Gasteiger partial charge on any atom is -0.254 e. The second kappa shape index (κ2) is 3.78. The third-order valence-electron chi connectivity index (χ3n) is 2.43. The summed E-state index contributed by atoms with van der Waals surface area (Å²) in [5, 5.41) is 1.00. The number of halogens is 2. The Morgan fingerprint density at radius 1 is 1.33 bits per heavy atom. The van der Waals surface area contributed by atoms with Crippen molar-refractivity contribution >= 4 is 22.5 Å². The maximum Gasteiger partial charge on any atom is 0.134 e. The summed E-state index contributed by atoms with van der Waals surface area (Å²) in [7, 11) is 0. The summed E-state index contributed by atoms with van der Waals surface area (Å²) in [5.74, 6) is 0.0518. The Balaban J connectivity index is 2.80.